The number of hydrogen-bond donors (Lipinski definition) is 3. The first-order valence-electron chi connectivity index (χ1n) is 7.79. The fraction of sp³-hybridized carbons (Fsp3) is 0.389. The number of amides is 2. The maximum absolute atomic E-state index is 12.0. The summed E-state index contributed by atoms with van der Waals surface area (Å²) >= 11 is 1.73. The van der Waals surface area contributed by atoms with Gasteiger partial charge in [0.25, 0.3) is 0 Å². The van der Waals surface area contributed by atoms with Crippen molar-refractivity contribution in [1.29, 1.82) is 0 Å². The van der Waals surface area contributed by atoms with Crippen LogP contribution in [-0.2, 0) is 6.42 Å². The monoisotopic (exact) mass is 332 g/mol. The quantitative estimate of drug-likeness (QED) is 0.760. The molecular formula is C18H24N2O2S. The van der Waals surface area contributed by atoms with Gasteiger partial charge in [-0.1, -0.05) is 30.3 Å². The maximum Gasteiger partial charge on any atom is 0.315 e. The molecule has 0 fully saturated rings. The van der Waals surface area contributed by atoms with Crippen molar-refractivity contribution in [2.24, 2.45) is 0 Å². The van der Waals surface area contributed by atoms with Crippen LogP contribution in [-0.4, -0.2) is 23.8 Å². The van der Waals surface area contributed by atoms with Crippen molar-refractivity contribution in [3.8, 4) is 0 Å². The summed E-state index contributed by atoms with van der Waals surface area (Å²) in [6, 6.07) is 11.6. The summed E-state index contributed by atoms with van der Waals surface area (Å²) in [5.41, 5.74) is 2.20. The van der Waals surface area contributed by atoms with Crippen molar-refractivity contribution in [1.82, 2.24) is 10.6 Å². The molecule has 2 aromatic rings. The Balaban J connectivity index is 1.77. The Hall–Kier alpha value is -1.85. The van der Waals surface area contributed by atoms with Crippen LogP contribution >= 0.6 is 11.3 Å². The van der Waals surface area contributed by atoms with Crippen molar-refractivity contribution in [2.75, 3.05) is 6.54 Å². The zero-order valence-corrected chi connectivity index (χ0v) is 14.6. The van der Waals surface area contributed by atoms with Gasteiger partial charge >= 0.3 is 6.03 Å². The molecule has 23 heavy (non-hydrogen) atoms. The SMILES string of the molecule is Cc1cc(C(C)NC(=O)NCC(O)Cc2ccccc2)c(C)s1. The van der Waals surface area contributed by atoms with E-state index in [2.05, 4.69) is 30.5 Å². The first-order chi connectivity index (χ1) is 11.0. The zero-order chi connectivity index (χ0) is 16.8. The van der Waals surface area contributed by atoms with Crippen molar-refractivity contribution < 1.29 is 9.90 Å². The second-order valence-electron chi connectivity index (χ2n) is 5.79. The Bertz CT molecular complexity index is 640. The molecule has 1 heterocycles. The highest BCUT2D eigenvalue weighted by atomic mass is 32.1. The fourth-order valence-electron chi connectivity index (χ4n) is 2.57. The van der Waals surface area contributed by atoms with Gasteiger partial charge < -0.3 is 15.7 Å². The largest absolute Gasteiger partial charge is 0.391 e. The molecule has 2 atom stereocenters. The summed E-state index contributed by atoms with van der Waals surface area (Å²) in [6.07, 6.45) is -0.0666. The number of benzene rings is 1. The highest BCUT2D eigenvalue weighted by molar-refractivity contribution is 7.12. The zero-order valence-electron chi connectivity index (χ0n) is 13.8. The van der Waals surface area contributed by atoms with Gasteiger partial charge in [-0.3, -0.25) is 0 Å². The maximum atomic E-state index is 12.0. The molecular weight excluding hydrogens is 308 g/mol. The molecule has 0 saturated heterocycles. The van der Waals surface area contributed by atoms with E-state index in [9.17, 15) is 9.90 Å². The molecule has 3 N–H and O–H groups in total. The Morgan fingerprint density at radius 1 is 1.26 bits per heavy atom. The van der Waals surface area contributed by atoms with Gasteiger partial charge in [0.2, 0.25) is 0 Å². The lowest BCUT2D eigenvalue weighted by Gasteiger charge is -2.16. The van der Waals surface area contributed by atoms with Crippen LogP contribution in [0, 0.1) is 13.8 Å². The van der Waals surface area contributed by atoms with Crippen LogP contribution in [0.5, 0.6) is 0 Å². The molecule has 0 radical (unpaired) electrons. The van der Waals surface area contributed by atoms with E-state index in [0.717, 1.165) is 11.1 Å². The van der Waals surface area contributed by atoms with Crippen molar-refractivity contribution in [3.05, 3.63) is 57.3 Å². The predicted molar refractivity (Wildman–Crippen MR) is 94.9 cm³/mol. The smallest absolute Gasteiger partial charge is 0.315 e. The summed E-state index contributed by atoms with van der Waals surface area (Å²) in [6.45, 7) is 6.32. The molecule has 124 valence electrons. The van der Waals surface area contributed by atoms with Gasteiger partial charge in [0, 0.05) is 22.7 Å². The molecule has 2 unspecified atom stereocenters. The average molecular weight is 332 g/mol. The minimum Gasteiger partial charge on any atom is -0.391 e. The number of nitrogens with one attached hydrogen (secondary N) is 2. The average Bonchev–Trinajstić information content (AvgIpc) is 2.85. The van der Waals surface area contributed by atoms with Crippen molar-refractivity contribution in [3.63, 3.8) is 0 Å². The standard InChI is InChI=1S/C18H24N2O2S/c1-12-9-17(14(3)23-12)13(2)20-18(22)19-11-16(21)10-15-7-5-4-6-8-15/h4-9,13,16,21H,10-11H2,1-3H3,(H2,19,20,22). The van der Waals surface area contributed by atoms with Gasteiger partial charge in [0.1, 0.15) is 0 Å². The van der Waals surface area contributed by atoms with Gasteiger partial charge in [-0.25, -0.2) is 4.79 Å². The molecule has 0 saturated carbocycles. The van der Waals surface area contributed by atoms with Crippen LogP contribution in [0.4, 0.5) is 4.79 Å². The molecule has 0 aliphatic rings. The normalized spacial score (nSPS) is 13.4. The molecule has 2 amide bonds. The highest BCUT2D eigenvalue weighted by Gasteiger charge is 2.14. The number of aryl methyl sites for hydroxylation is 2. The molecule has 0 bridgehead atoms. The number of carbonyl (C=O) groups excluding carboxylic acids is 1. The van der Waals surface area contributed by atoms with E-state index >= 15 is 0 Å². The second kappa shape index (κ2) is 8.13. The van der Waals surface area contributed by atoms with Gasteiger partial charge in [-0.2, -0.15) is 0 Å². The topological polar surface area (TPSA) is 61.4 Å². The number of urea groups is 1. The van der Waals surface area contributed by atoms with E-state index < -0.39 is 6.10 Å². The van der Waals surface area contributed by atoms with Gasteiger partial charge in [0.15, 0.2) is 0 Å². The lowest BCUT2D eigenvalue weighted by atomic mass is 10.1. The van der Waals surface area contributed by atoms with E-state index in [-0.39, 0.29) is 18.6 Å². The summed E-state index contributed by atoms with van der Waals surface area (Å²) in [5.74, 6) is 0. The minimum atomic E-state index is -0.594. The molecule has 0 aliphatic carbocycles. The molecule has 1 aromatic carbocycles. The van der Waals surface area contributed by atoms with Crippen LogP contribution in [0.2, 0.25) is 0 Å². The Morgan fingerprint density at radius 2 is 1.96 bits per heavy atom. The van der Waals surface area contributed by atoms with Gasteiger partial charge in [-0.05, 0) is 38.0 Å². The number of thiophene rings is 1. The molecule has 0 aliphatic heterocycles. The molecule has 4 nitrogen and oxygen atoms in total. The Kier molecular flexibility index (Phi) is 6.19. The van der Waals surface area contributed by atoms with E-state index in [1.54, 1.807) is 11.3 Å². The van der Waals surface area contributed by atoms with E-state index in [1.165, 1.54) is 9.75 Å². The summed E-state index contributed by atoms with van der Waals surface area (Å²) in [5, 5.41) is 15.7. The second-order valence-corrected chi connectivity index (χ2v) is 7.25. The van der Waals surface area contributed by atoms with Crippen LogP contribution in [0.3, 0.4) is 0 Å². The highest BCUT2D eigenvalue weighted by Crippen LogP contribution is 2.25. The van der Waals surface area contributed by atoms with E-state index in [4.69, 9.17) is 0 Å². The molecule has 1 aromatic heterocycles. The Labute approximate surface area is 141 Å². The number of aliphatic hydroxyl groups is 1. The third-order valence-corrected chi connectivity index (χ3v) is 4.69. The summed E-state index contributed by atoms with van der Waals surface area (Å²) in [4.78, 5) is 14.4. The summed E-state index contributed by atoms with van der Waals surface area (Å²) < 4.78 is 0. The number of carbonyl (C=O) groups is 1. The van der Waals surface area contributed by atoms with Gasteiger partial charge in [-0.15, -0.1) is 11.3 Å². The van der Waals surface area contributed by atoms with Gasteiger partial charge in [0.05, 0.1) is 12.1 Å². The van der Waals surface area contributed by atoms with Crippen LogP contribution in [0.25, 0.3) is 0 Å². The number of aliphatic hydroxyl groups excluding tert-OH is 1. The summed E-state index contributed by atoms with van der Waals surface area (Å²) in [7, 11) is 0. The third kappa shape index (κ3) is 5.37. The van der Waals surface area contributed by atoms with Crippen LogP contribution < -0.4 is 10.6 Å². The molecule has 2 rings (SSSR count). The van der Waals surface area contributed by atoms with Crippen LogP contribution in [0.15, 0.2) is 36.4 Å². The van der Waals surface area contributed by atoms with Crippen LogP contribution in [0.1, 0.15) is 33.8 Å². The predicted octanol–water partition coefficient (Wildman–Crippen LogP) is 3.33. The van der Waals surface area contributed by atoms with E-state index in [1.807, 2.05) is 37.3 Å². The van der Waals surface area contributed by atoms with Crippen molar-refractivity contribution in [2.45, 2.75) is 39.3 Å². The van der Waals surface area contributed by atoms with Crippen molar-refractivity contribution >= 4 is 17.4 Å². The fourth-order valence-corrected chi connectivity index (χ4v) is 3.60. The first kappa shape index (κ1) is 17.5. The van der Waals surface area contributed by atoms with E-state index in [0.29, 0.717) is 6.42 Å². The number of rotatable bonds is 6. The minimum absolute atomic E-state index is 0.0498. The molecule has 0 spiro atoms. The lowest BCUT2D eigenvalue weighted by molar-refractivity contribution is 0.170. The number of hydrogen-bond acceptors (Lipinski definition) is 3. The molecule has 5 heteroatoms. The first-order valence-corrected chi connectivity index (χ1v) is 8.60. The Morgan fingerprint density at radius 3 is 2.57 bits per heavy atom. The third-order valence-electron chi connectivity index (χ3n) is 3.71. The lowest BCUT2D eigenvalue weighted by Crippen LogP contribution is -2.41.